The molecule has 1 heteroatoms. The summed E-state index contributed by atoms with van der Waals surface area (Å²) in [5.41, 5.74) is 0. The van der Waals surface area contributed by atoms with Crippen molar-refractivity contribution < 1.29 is 0 Å². The van der Waals surface area contributed by atoms with Crippen molar-refractivity contribution in [3.63, 3.8) is 0 Å². The minimum absolute atomic E-state index is 0.379. The maximum Gasteiger partial charge on any atom is 0.0418 e. The number of thioether (sulfide) groups is 1. The third-order valence-electron chi connectivity index (χ3n) is 1.20. The molecule has 0 fully saturated rings. The maximum absolute atomic E-state index is 2.25. The first kappa shape index (κ1) is 7.93. The van der Waals surface area contributed by atoms with Crippen LogP contribution in [-0.4, -0.2) is 10.00 Å². The highest BCUT2D eigenvalue weighted by molar-refractivity contribution is 8.01. The Hall–Kier alpha value is -0.170. The van der Waals surface area contributed by atoms with Crippen LogP contribution >= 0.6 is 11.8 Å². The monoisotopic (exact) mass is 154 g/mol. The van der Waals surface area contributed by atoms with Gasteiger partial charge in [0.2, 0.25) is 0 Å². The second-order valence-corrected chi connectivity index (χ2v) is 5.47. The van der Waals surface area contributed by atoms with E-state index in [0.717, 1.165) is 0 Å². The van der Waals surface area contributed by atoms with Crippen molar-refractivity contribution in [3.8, 4) is 0 Å². The highest BCUT2D eigenvalue weighted by Gasteiger charge is 2.15. The van der Waals surface area contributed by atoms with Crippen LogP contribution in [0.1, 0.15) is 20.8 Å². The summed E-state index contributed by atoms with van der Waals surface area (Å²) in [4.78, 5) is 0. The predicted octanol–water partition coefficient (Wildman–Crippen LogP) is 3.01. The van der Waals surface area contributed by atoms with Crippen LogP contribution in [0, 0.1) is 0 Å². The van der Waals surface area contributed by atoms with Crippen molar-refractivity contribution in [1.29, 1.82) is 0 Å². The third-order valence-corrected chi connectivity index (χ3v) is 2.50. The van der Waals surface area contributed by atoms with Crippen LogP contribution in [0.25, 0.3) is 0 Å². The zero-order chi connectivity index (χ0) is 7.61. The van der Waals surface area contributed by atoms with Crippen LogP contribution in [0.3, 0.4) is 0 Å². The lowest BCUT2D eigenvalue weighted by atomic mass is 10.3. The molecule has 0 N–H and O–H groups in total. The van der Waals surface area contributed by atoms with Crippen LogP contribution in [-0.2, 0) is 0 Å². The molecule has 0 nitrogen and oxygen atoms in total. The van der Waals surface area contributed by atoms with E-state index in [0.29, 0.717) is 10.00 Å². The average Bonchev–Trinajstić information content (AvgIpc) is 2.12. The van der Waals surface area contributed by atoms with Gasteiger partial charge in [-0.2, -0.15) is 0 Å². The SMILES string of the molecule is CC(C)(C)SC1C=CC=C1. The van der Waals surface area contributed by atoms with Crippen molar-refractivity contribution in [1.82, 2.24) is 0 Å². The second kappa shape index (κ2) is 2.83. The first-order chi connectivity index (χ1) is 4.58. The van der Waals surface area contributed by atoms with E-state index in [1.54, 1.807) is 0 Å². The highest BCUT2D eigenvalue weighted by Crippen LogP contribution is 2.30. The van der Waals surface area contributed by atoms with E-state index in [1.165, 1.54) is 0 Å². The van der Waals surface area contributed by atoms with Gasteiger partial charge in [-0.05, 0) is 0 Å². The summed E-state index contributed by atoms with van der Waals surface area (Å²) in [5.74, 6) is 0. The molecule has 0 saturated heterocycles. The molecule has 10 heavy (non-hydrogen) atoms. The number of hydrogen-bond donors (Lipinski definition) is 0. The molecule has 0 amide bonds. The highest BCUT2D eigenvalue weighted by atomic mass is 32.2. The quantitative estimate of drug-likeness (QED) is 0.559. The van der Waals surface area contributed by atoms with Crippen molar-refractivity contribution in [3.05, 3.63) is 24.3 Å². The molecule has 0 atom stereocenters. The van der Waals surface area contributed by atoms with Gasteiger partial charge in [0.25, 0.3) is 0 Å². The van der Waals surface area contributed by atoms with E-state index in [9.17, 15) is 0 Å². The van der Waals surface area contributed by atoms with E-state index < -0.39 is 0 Å². The molecule has 0 aromatic rings. The van der Waals surface area contributed by atoms with Crippen molar-refractivity contribution in [2.24, 2.45) is 0 Å². The van der Waals surface area contributed by atoms with Gasteiger partial charge in [0.15, 0.2) is 0 Å². The van der Waals surface area contributed by atoms with Crippen LogP contribution in [0.4, 0.5) is 0 Å². The fourth-order valence-electron chi connectivity index (χ4n) is 0.898. The minimum Gasteiger partial charge on any atom is -0.144 e. The largest absolute Gasteiger partial charge is 0.144 e. The zero-order valence-electron chi connectivity index (χ0n) is 6.79. The predicted molar refractivity (Wildman–Crippen MR) is 49.4 cm³/mol. The lowest BCUT2D eigenvalue weighted by Gasteiger charge is -2.20. The Morgan fingerprint density at radius 3 is 2.00 bits per heavy atom. The zero-order valence-corrected chi connectivity index (χ0v) is 7.61. The van der Waals surface area contributed by atoms with E-state index in [1.807, 2.05) is 11.8 Å². The Kier molecular flexibility index (Phi) is 2.24. The standard InChI is InChI=1S/C9H14S/c1-9(2,3)10-8-6-4-5-7-8/h4-8H,1-3H3. The normalized spacial score (nSPS) is 18.7. The summed E-state index contributed by atoms with van der Waals surface area (Å²) >= 11 is 1.99. The van der Waals surface area contributed by atoms with Gasteiger partial charge < -0.3 is 0 Å². The van der Waals surface area contributed by atoms with E-state index in [2.05, 4.69) is 45.1 Å². The number of hydrogen-bond acceptors (Lipinski definition) is 1. The average molecular weight is 154 g/mol. The molecular weight excluding hydrogens is 140 g/mol. The second-order valence-electron chi connectivity index (χ2n) is 3.46. The van der Waals surface area contributed by atoms with Gasteiger partial charge in [-0.25, -0.2) is 0 Å². The minimum atomic E-state index is 0.379. The smallest absolute Gasteiger partial charge is 0.0418 e. The Morgan fingerprint density at radius 1 is 1.10 bits per heavy atom. The summed E-state index contributed by atoms with van der Waals surface area (Å²) < 4.78 is 0.379. The molecule has 0 aromatic heterocycles. The fourth-order valence-corrected chi connectivity index (χ4v) is 2.05. The molecule has 1 aliphatic rings. The summed E-state index contributed by atoms with van der Waals surface area (Å²) in [5, 5.41) is 0.611. The lowest BCUT2D eigenvalue weighted by molar-refractivity contribution is 0.802. The Bertz CT molecular complexity index is 148. The van der Waals surface area contributed by atoms with Gasteiger partial charge in [-0.15, -0.1) is 11.8 Å². The third kappa shape index (κ3) is 2.61. The molecular formula is C9H14S. The molecule has 1 aliphatic carbocycles. The van der Waals surface area contributed by atoms with Crippen LogP contribution in [0.5, 0.6) is 0 Å². The van der Waals surface area contributed by atoms with Crippen molar-refractivity contribution >= 4 is 11.8 Å². The number of allylic oxidation sites excluding steroid dienone is 2. The van der Waals surface area contributed by atoms with E-state index >= 15 is 0 Å². The summed E-state index contributed by atoms with van der Waals surface area (Å²) in [6.07, 6.45) is 8.69. The molecule has 0 aliphatic heterocycles. The van der Waals surface area contributed by atoms with Crippen molar-refractivity contribution in [2.45, 2.75) is 30.8 Å². The first-order valence-electron chi connectivity index (χ1n) is 3.61. The molecule has 0 unspecified atom stereocenters. The van der Waals surface area contributed by atoms with Crippen molar-refractivity contribution in [2.75, 3.05) is 0 Å². The van der Waals surface area contributed by atoms with Gasteiger partial charge in [-0.1, -0.05) is 45.1 Å². The lowest BCUT2D eigenvalue weighted by Crippen LogP contribution is -2.11. The van der Waals surface area contributed by atoms with Crippen LogP contribution in [0.2, 0.25) is 0 Å². The molecule has 0 aromatic carbocycles. The molecule has 0 saturated carbocycles. The Labute approximate surface area is 67.4 Å². The van der Waals surface area contributed by atoms with Gasteiger partial charge >= 0.3 is 0 Å². The molecule has 1 rings (SSSR count). The van der Waals surface area contributed by atoms with Gasteiger partial charge in [-0.3, -0.25) is 0 Å². The Balaban J connectivity index is 2.40. The molecule has 0 radical (unpaired) electrons. The maximum atomic E-state index is 2.25. The van der Waals surface area contributed by atoms with Crippen LogP contribution in [0.15, 0.2) is 24.3 Å². The summed E-state index contributed by atoms with van der Waals surface area (Å²) in [7, 11) is 0. The summed E-state index contributed by atoms with van der Waals surface area (Å²) in [6.45, 7) is 6.74. The fraction of sp³-hybridized carbons (Fsp3) is 0.556. The first-order valence-corrected chi connectivity index (χ1v) is 4.49. The molecule has 56 valence electrons. The van der Waals surface area contributed by atoms with Gasteiger partial charge in [0, 0.05) is 10.00 Å². The van der Waals surface area contributed by atoms with Crippen LogP contribution < -0.4 is 0 Å². The Morgan fingerprint density at radius 2 is 1.60 bits per heavy atom. The summed E-state index contributed by atoms with van der Waals surface area (Å²) in [6, 6.07) is 0. The molecule has 0 heterocycles. The van der Waals surface area contributed by atoms with Gasteiger partial charge in [0.05, 0.1) is 0 Å². The van der Waals surface area contributed by atoms with Gasteiger partial charge in [0.1, 0.15) is 0 Å². The topological polar surface area (TPSA) is 0 Å². The number of rotatable bonds is 1. The van der Waals surface area contributed by atoms with E-state index in [-0.39, 0.29) is 0 Å². The molecule has 0 spiro atoms. The molecule has 0 bridgehead atoms. The van der Waals surface area contributed by atoms with E-state index in [4.69, 9.17) is 0 Å².